The molecule has 0 aromatic rings. The average Bonchev–Trinajstić information content (AvgIpc) is 2.37. The van der Waals surface area contributed by atoms with Gasteiger partial charge in [0.1, 0.15) is 0 Å². The lowest BCUT2D eigenvalue weighted by molar-refractivity contribution is 0.155. The zero-order valence-electron chi connectivity index (χ0n) is 4.37. The van der Waals surface area contributed by atoms with Crippen molar-refractivity contribution >= 4 is 18.2 Å². The summed E-state index contributed by atoms with van der Waals surface area (Å²) in [4.78, 5) is 10.5. The molecule has 1 aliphatic rings. The molecule has 1 heterocycles. The third-order valence-electron chi connectivity index (χ3n) is 0.725. The van der Waals surface area contributed by atoms with Crippen LogP contribution in [-0.2, 0) is 0 Å². The van der Waals surface area contributed by atoms with E-state index in [1.54, 1.807) is 6.20 Å². The summed E-state index contributed by atoms with van der Waals surface area (Å²) in [7, 11) is 0. The number of amides is 2. The van der Waals surface area contributed by atoms with Gasteiger partial charge in [0.05, 0.1) is 12.1 Å². The van der Waals surface area contributed by atoms with Gasteiger partial charge in [-0.3, -0.25) is 5.21 Å². The van der Waals surface area contributed by atoms with Gasteiger partial charge >= 0.3 is 6.03 Å². The molecule has 0 aliphatic carbocycles. The molecule has 0 fully saturated rings. The number of hydrogen-bond acceptors (Lipinski definition) is 4. The van der Waals surface area contributed by atoms with Gasteiger partial charge < -0.3 is 4.72 Å². The monoisotopic (exact) mass is 147 g/mol. The van der Waals surface area contributed by atoms with Crippen molar-refractivity contribution < 1.29 is 10.0 Å². The molecule has 0 unspecified atom stereocenters. The summed E-state index contributed by atoms with van der Waals surface area (Å²) in [6, 6.07) is -0.568. The van der Waals surface area contributed by atoms with E-state index in [9.17, 15) is 4.79 Å². The normalized spacial score (nSPS) is 15.4. The van der Waals surface area contributed by atoms with Crippen LogP contribution >= 0.6 is 12.1 Å². The van der Waals surface area contributed by atoms with Gasteiger partial charge in [0, 0.05) is 12.4 Å². The molecule has 0 atom stereocenters. The molecule has 0 spiro atoms. The molecular weight excluding hydrogens is 142 g/mol. The van der Waals surface area contributed by atoms with E-state index in [0.29, 0.717) is 0 Å². The Morgan fingerprint density at radius 3 is 3.11 bits per heavy atom. The van der Waals surface area contributed by atoms with Crippen molar-refractivity contribution in [1.82, 2.24) is 14.5 Å². The molecule has 5 nitrogen and oxygen atoms in total. The molecule has 50 valence electrons. The first-order chi connectivity index (χ1) is 4.34. The number of urea groups is 1. The third-order valence-corrected chi connectivity index (χ3v) is 1.45. The number of nitrogens with zero attached hydrogens (tertiary/aromatic N) is 1. The van der Waals surface area contributed by atoms with Crippen molar-refractivity contribution in [2.24, 2.45) is 0 Å². The Hall–Kier alpha value is -0.880. The van der Waals surface area contributed by atoms with Gasteiger partial charge in [0.15, 0.2) is 0 Å². The highest BCUT2D eigenvalue weighted by Crippen LogP contribution is 2.10. The van der Waals surface area contributed by atoms with Crippen molar-refractivity contribution in [2.45, 2.75) is 0 Å². The van der Waals surface area contributed by atoms with Crippen LogP contribution in [0, 0.1) is 0 Å². The molecule has 1 aliphatic heterocycles. The van der Waals surface area contributed by atoms with E-state index < -0.39 is 6.03 Å². The zero-order valence-corrected chi connectivity index (χ0v) is 5.18. The van der Waals surface area contributed by atoms with Crippen molar-refractivity contribution in [1.29, 1.82) is 0 Å². The van der Waals surface area contributed by atoms with E-state index in [1.165, 1.54) is 16.0 Å². The molecule has 9 heavy (non-hydrogen) atoms. The number of carbonyl (C=O) groups excluding carboxylic acids is 1. The predicted octanol–water partition coefficient (Wildman–Crippen LogP) is 0.0248. The Morgan fingerprint density at radius 2 is 2.67 bits per heavy atom. The van der Waals surface area contributed by atoms with Crippen LogP contribution in [0.4, 0.5) is 4.79 Å². The van der Waals surface area contributed by atoms with E-state index in [1.807, 2.05) is 0 Å². The van der Waals surface area contributed by atoms with Crippen LogP contribution in [0.2, 0.25) is 0 Å². The van der Waals surface area contributed by atoms with Gasteiger partial charge in [0.2, 0.25) is 0 Å². The van der Waals surface area contributed by atoms with Gasteiger partial charge in [-0.2, -0.15) is 0 Å². The molecule has 3 N–H and O–H groups in total. The summed E-state index contributed by atoms with van der Waals surface area (Å²) in [5, 5.41) is 8.08. The minimum atomic E-state index is -0.568. The first-order valence-corrected chi connectivity index (χ1v) is 2.94. The van der Waals surface area contributed by atoms with E-state index in [-0.39, 0.29) is 0 Å². The molecule has 0 bridgehead atoms. The first kappa shape index (κ1) is 6.24. The largest absolute Gasteiger partial charge is 0.356 e. The first-order valence-electron chi connectivity index (χ1n) is 2.17. The standard InChI is InChI=1S/C3H5N3O2S/c7-3(5-8)6-2-1-4-9-6/h1-2,4,8H,(H,5,7). The van der Waals surface area contributed by atoms with E-state index in [4.69, 9.17) is 5.21 Å². The molecule has 0 saturated heterocycles. The van der Waals surface area contributed by atoms with Crippen molar-refractivity contribution in [3.8, 4) is 0 Å². The molecule has 0 aromatic heterocycles. The summed E-state index contributed by atoms with van der Waals surface area (Å²) >= 11 is 1.08. The molecule has 0 aromatic carbocycles. The second kappa shape index (κ2) is 2.60. The van der Waals surface area contributed by atoms with Crippen molar-refractivity contribution in [2.75, 3.05) is 0 Å². The van der Waals surface area contributed by atoms with E-state index in [2.05, 4.69) is 4.72 Å². The Balaban J connectivity index is 2.43. The van der Waals surface area contributed by atoms with Gasteiger partial charge in [0.25, 0.3) is 0 Å². The minimum Gasteiger partial charge on any atom is -0.317 e. The Kier molecular flexibility index (Phi) is 1.81. The minimum absolute atomic E-state index is 0.568. The lowest BCUT2D eigenvalue weighted by Gasteiger charge is -2.06. The fraction of sp³-hybridized carbons (Fsp3) is 0. The highest BCUT2D eigenvalue weighted by Gasteiger charge is 2.12. The Bertz CT molecular complexity index is 148. The van der Waals surface area contributed by atoms with Gasteiger partial charge in [-0.05, 0) is 0 Å². The topological polar surface area (TPSA) is 64.6 Å². The van der Waals surface area contributed by atoms with Gasteiger partial charge in [-0.15, -0.1) is 0 Å². The second-order valence-corrected chi connectivity index (χ2v) is 2.08. The maximum Gasteiger partial charge on any atom is 0.356 e. The van der Waals surface area contributed by atoms with Crippen LogP contribution in [0.3, 0.4) is 0 Å². The highest BCUT2D eigenvalue weighted by atomic mass is 32.2. The maximum absolute atomic E-state index is 10.5. The summed E-state index contributed by atoms with van der Waals surface area (Å²) in [5.41, 5.74) is 1.48. The quantitative estimate of drug-likeness (QED) is 0.257. The molecule has 2 amide bonds. The summed E-state index contributed by atoms with van der Waals surface area (Å²) in [6.45, 7) is 0. The lowest BCUT2D eigenvalue weighted by atomic mass is 10.9. The average molecular weight is 147 g/mol. The highest BCUT2D eigenvalue weighted by molar-refractivity contribution is 7.96. The van der Waals surface area contributed by atoms with Crippen molar-refractivity contribution in [3.63, 3.8) is 0 Å². The SMILES string of the molecule is O=C(NO)N1C=CNS1. The number of nitrogens with one attached hydrogen (secondary N) is 2. The van der Waals surface area contributed by atoms with Crippen LogP contribution < -0.4 is 10.2 Å². The summed E-state index contributed by atoms with van der Waals surface area (Å²) < 4.78 is 3.89. The van der Waals surface area contributed by atoms with E-state index in [0.717, 1.165) is 12.1 Å². The predicted molar refractivity (Wildman–Crippen MR) is 32.0 cm³/mol. The number of hydroxylamine groups is 1. The fourth-order valence-electron chi connectivity index (χ4n) is 0.374. The van der Waals surface area contributed by atoms with Crippen LogP contribution in [0.1, 0.15) is 0 Å². The second-order valence-electron chi connectivity index (χ2n) is 1.27. The van der Waals surface area contributed by atoms with Crippen LogP contribution in [0.15, 0.2) is 12.4 Å². The van der Waals surface area contributed by atoms with Crippen LogP contribution in [0.5, 0.6) is 0 Å². The molecule has 0 radical (unpaired) electrons. The molecule has 1 rings (SSSR count). The Morgan fingerprint density at radius 1 is 1.89 bits per heavy atom. The van der Waals surface area contributed by atoms with Gasteiger partial charge in [-0.1, -0.05) is 0 Å². The Labute approximate surface area is 55.9 Å². The summed E-state index contributed by atoms with van der Waals surface area (Å²) in [5.74, 6) is 0. The summed E-state index contributed by atoms with van der Waals surface area (Å²) in [6.07, 6.45) is 3.08. The molecule has 6 heteroatoms. The molecular formula is C3H5N3O2S. The van der Waals surface area contributed by atoms with E-state index >= 15 is 0 Å². The number of carbonyl (C=O) groups is 1. The molecule has 0 saturated carbocycles. The van der Waals surface area contributed by atoms with Crippen LogP contribution in [-0.4, -0.2) is 15.5 Å². The smallest absolute Gasteiger partial charge is 0.317 e. The fourth-order valence-corrected chi connectivity index (χ4v) is 0.855. The number of rotatable bonds is 0. The number of hydrogen-bond donors (Lipinski definition) is 3. The van der Waals surface area contributed by atoms with Crippen LogP contribution in [0.25, 0.3) is 0 Å². The maximum atomic E-state index is 10.5. The third kappa shape index (κ3) is 1.27. The van der Waals surface area contributed by atoms with Crippen molar-refractivity contribution in [3.05, 3.63) is 12.4 Å². The van der Waals surface area contributed by atoms with Gasteiger partial charge in [-0.25, -0.2) is 14.6 Å². The zero-order chi connectivity index (χ0) is 6.69. The lowest BCUT2D eigenvalue weighted by Crippen LogP contribution is -2.28.